The first kappa shape index (κ1) is 15.5. The molecule has 0 aromatic heterocycles. The summed E-state index contributed by atoms with van der Waals surface area (Å²) in [4.78, 5) is 2.36. The fourth-order valence-corrected chi connectivity index (χ4v) is 2.90. The van der Waals surface area contributed by atoms with Crippen molar-refractivity contribution in [1.82, 2.24) is 4.90 Å². The zero-order valence-corrected chi connectivity index (χ0v) is 13.9. The molecule has 0 saturated heterocycles. The molecule has 3 rings (SSSR count). The van der Waals surface area contributed by atoms with Gasteiger partial charge in [0.05, 0.1) is 0 Å². The highest BCUT2D eigenvalue weighted by Gasteiger charge is 2.04. The second-order valence-electron chi connectivity index (χ2n) is 6.09. The Balaban J connectivity index is 1.71. The molecule has 0 spiro atoms. The van der Waals surface area contributed by atoms with E-state index in [1.54, 1.807) is 0 Å². The Morgan fingerprint density at radius 3 is 2.39 bits per heavy atom. The molecule has 0 radical (unpaired) electrons. The molecule has 3 aromatic carbocycles. The minimum atomic E-state index is 0.948. The van der Waals surface area contributed by atoms with Crippen molar-refractivity contribution < 1.29 is 0 Å². The van der Waals surface area contributed by atoms with Crippen LogP contribution < -0.4 is 0 Å². The van der Waals surface area contributed by atoms with Gasteiger partial charge in [0, 0.05) is 13.1 Å². The van der Waals surface area contributed by atoms with Crippen LogP contribution in [-0.4, -0.2) is 18.5 Å². The summed E-state index contributed by atoms with van der Waals surface area (Å²) >= 11 is 0. The van der Waals surface area contributed by atoms with Crippen molar-refractivity contribution in [3.05, 3.63) is 90.0 Å². The topological polar surface area (TPSA) is 3.24 Å². The van der Waals surface area contributed by atoms with Crippen molar-refractivity contribution in [2.24, 2.45) is 0 Å². The van der Waals surface area contributed by atoms with E-state index in [4.69, 9.17) is 0 Å². The van der Waals surface area contributed by atoms with Gasteiger partial charge in [0.25, 0.3) is 0 Å². The van der Waals surface area contributed by atoms with Crippen molar-refractivity contribution in [3.8, 4) is 0 Å². The molecule has 0 aliphatic rings. The third-order valence-corrected chi connectivity index (χ3v) is 4.26. The number of hydrogen-bond donors (Lipinski definition) is 0. The molecule has 116 valence electrons. The van der Waals surface area contributed by atoms with E-state index in [-0.39, 0.29) is 0 Å². The standard InChI is InChI=1S/C22H23N/c1-18(19-9-4-3-5-10-19)15-16-23(2)17-21-13-8-12-20-11-6-7-14-22(20)21/h3-15H,16-17H2,1-2H3/b18-15+. The normalized spacial score (nSPS) is 12.0. The van der Waals surface area contributed by atoms with E-state index in [1.165, 1.54) is 27.5 Å². The van der Waals surface area contributed by atoms with Gasteiger partial charge in [-0.05, 0) is 41.4 Å². The average Bonchev–Trinajstić information content (AvgIpc) is 2.61. The predicted molar refractivity (Wildman–Crippen MR) is 100 cm³/mol. The minimum Gasteiger partial charge on any atom is -0.298 e. The van der Waals surface area contributed by atoms with Gasteiger partial charge in [-0.1, -0.05) is 78.9 Å². The van der Waals surface area contributed by atoms with E-state index in [9.17, 15) is 0 Å². The van der Waals surface area contributed by atoms with Crippen LogP contribution >= 0.6 is 0 Å². The second-order valence-corrected chi connectivity index (χ2v) is 6.09. The largest absolute Gasteiger partial charge is 0.298 e. The van der Waals surface area contributed by atoms with E-state index in [1.807, 2.05) is 0 Å². The summed E-state index contributed by atoms with van der Waals surface area (Å²) in [6, 6.07) is 25.7. The molecule has 0 amide bonds. The molecule has 0 fully saturated rings. The predicted octanol–water partition coefficient (Wildman–Crippen LogP) is 5.38. The van der Waals surface area contributed by atoms with E-state index in [0.717, 1.165) is 13.1 Å². The number of likely N-dealkylation sites (N-methyl/N-ethyl adjacent to an activating group) is 1. The van der Waals surface area contributed by atoms with Crippen molar-refractivity contribution in [3.63, 3.8) is 0 Å². The van der Waals surface area contributed by atoms with Crippen LogP contribution in [0.4, 0.5) is 0 Å². The Labute approximate surface area is 138 Å². The molecule has 0 aliphatic heterocycles. The van der Waals surface area contributed by atoms with Crippen molar-refractivity contribution in [1.29, 1.82) is 0 Å². The van der Waals surface area contributed by atoms with Crippen LogP contribution in [0, 0.1) is 0 Å². The Morgan fingerprint density at radius 1 is 0.870 bits per heavy atom. The van der Waals surface area contributed by atoms with Crippen LogP contribution in [-0.2, 0) is 6.54 Å². The first-order valence-electron chi connectivity index (χ1n) is 8.11. The molecule has 0 unspecified atom stereocenters. The summed E-state index contributed by atoms with van der Waals surface area (Å²) in [5, 5.41) is 2.67. The van der Waals surface area contributed by atoms with Gasteiger partial charge in [0.2, 0.25) is 0 Å². The second kappa shape index (κ2) is 7.26. The van der Waals surface area contributed by atoms with Gasteiger partial charge in [-0.3, -0.25) is 4.90 Å². The molecule has 0 saturated carbocycles. The average molecular weight is 301 g/mol. The number of nitrogens with zero attached hydrogens (tertiary/aromatic N) is 1. The third kappa shape index (κ3) is 3.88. The van der Waals surface area contributed by atoms with Crippen LogP contribution in [0.5, 0.6) is 0 Å². The molecule has 1 heteroatoms. The SMILES string of the molecule is C/C(=C\CN(C)Cc1cccc2ccccc12)c1ccccc1. The lowest BCUT2D eigenvalue weighted by atomic mass is 10.0. The lowest BCUT2D eigenvalue weighted by Gasteiger charge is -2.17. The fraction of sp³-hybridized carbons (Fsp3) is 0.182. The Morgan fingerprint density at radius 2 is 1.57 bits per heavy atom. The zero-order valence-electron chi connectivity index (χ0n) is 13.9. The highest BCUT2D eigenvalue weighted by Crippen LogP contribution is 2.20. The van der Waals surface area contributed by atoms with Crippen molar-refractivity contribution >= 4 is 16.3 Å². The number of rotatable bonds is 5. The quantitative estimate of drug-likeness (QED) is 0.612. The lowest BCUT2D eigenvalue weighted by molar-refractivity contribution is 0.365. The number of allylic oxidation sites excluding steroid dienone is 1. The van der Waals surface area contributed by atoms with Gasteiger partial charge in [0.1, 0.15) is 0 Å². The van der Waals surface area contributed by atoms with E-state index >= 15 is 0 Å². The monoisotopic (exact) mass is 301 g/mol. The summed E-state index contributed by atoms with van der Waals surface area (Å²) in [5.41, 5.74) is 4.01. The highest BCUT2D eigenvalue weighted by atomic mass is 15.1. The minimum absolute atomic E-state index is 0.948. The van der Waals surface area contributed by atoms with Gasteiger partial charge < -0.3 is 0 Å². The third-order valence-electron chi connectivity index (χ3n) is 4.26. The highest BCUT2D eigenvalue weighted by molar-refractivity contribution is 5.85. The molecule has 0 aliphatic carbocycles. The summed E-state index contributed by atoms with van der Waals surface area (Å²) in [5.74, 6) is 0. The maximum absolute atomic E-state index is 2.36. The summed E-state index contributed by atoms with van der Waals surface area (Å²) in [7, 11) is 2.18. The van der Waals surface area contributed by atoms with Gasteiger partial charge in [-0.25, -0.2) is 0 Å². The lowest BCUT2D eigenvalue weighted by Crippen LogP contribution is -2.18. The zero-order chi connectivity index (χ0) is 16.1. The summed E-state index contributed by atoms with van der Waals surface area (Å²) in [6.07, 6.45) is 2.31. The molecule has 1 nitrogen and oxygen atoms in total. The maximum Gasteiger partial charge on any atom is 0.0240 e. The van der Waals surface area contributed by atoms with Crippen molar-refractivity contribution in [2.45, 2.75) is 13.5 Å². The first-order valence-corrected chi connectivity index (χ1v) is 8.11. The molecular formula is C22H23N. The van der Waals surface area contributed by atoms with E-state index in [2.05, 4.69) is 97.7 Å². The number of hydrogen-bond acceptors (Lipinski definition) is 1. The van der Waals surface area contributed by atoms with Gasteiger partial charge in [-0.15, -0.1) is 0 Å². The maximum atomic E-state index is 2.36. The number of fused-ring (bicyclic) bond motifs is 1. The van der Waals surface area contributed by atoms with Crippen LogP contribution in [0.1, 0.15) is 18.1 Å². The van der Waals surface area contributed by atoms with Crippen LogP contribution in [0.2, 0.25) is 0 Å². The molecule has 0 N–H and O–H groups in total. The van der Waals surface area contributed by atoms with Crippen molar-refractivity contribution in [2.75, 3.05) is 13.6 Å². The smallest absolute Gasteiger partial charge is 0.0240 e. The Kier molecular flexibility index (Phi) is 4.89. The van der Waals surface area contributed by atoms with E-state index in [0.29, 0.717) is 0 Å². The molecule has 23 heavy (non-hydrogen) atoms. The Hall–Kier alpha value is -2.38. The molecule has 0 atom stereocenters. The molecular weight excluding hydrogens is 278 g/mol. The molecule has 0 bridgehead atoms. The molecule has 3 aromatic rings. The fourth-order valence-electron chi connectivity index (χ4n) is 2.90. The van der Waals surface area contributed by atoms with Gasteiger partial charge in [-0.2, -0.15) is 0 Å². The van der Waals surface area contributed by atoms with Crippen LogP contribution in [0.15, 0.2) is 78.9 Å². The Bertz CT molecular complexity index is 797. The number of benzene rings is 3. The summed E-state index contributed by atoms with van der Waals surface area (Å²) in [6.45, 7) is 4.09. The van der Waals surface area contributed by atoms with E-state index < -0.39 is 0 Å². The van der Waals surface area contributed by atoms with Crippen LogP contribution in [0.25, 0.3) is 16.3 Å². The van der Waals surface area contributed by atoms with Crippen LogP contribution in [0.3, 0.4) is 0 Å². The summed E-state index contributed by atoms with van der Waals surface area (Å²) < 4.78 is 0. The molecule has 0 heterocycles. The first-order chi connectivity index (χ1) is 11.2. The van der Waals surface area contributed by atoms with Gasteiger partial charge >= 0.3 is 0 Å². The van der Waals surface area contributed by atoms with Gasteiger partial charge in [0.15, 0.2) is 0 Å².